The van der Waals surface area contributed by atoms with Crippen molar-refractivity contribution >= 4 is 29.1 Å². The van der Waals surface area contributed by atoms with Crippen molar-refractivity contribution in [3.8, 4) is 0 Å². The molecule has 0 radical (unpaired) electrons. The van der Waals surface area contributed by atoms with Gasteiger partial charge in [0.15, 0.2) is 5.11 Å². The van der Waals surface area contributed by atoms with Crippen LogP contribution in [0.25, 0.3) is 0 Å². The summed E-state index contributed by atoms with van der Waals surface area (Å²) >= 11 is 5.34. The first-order valence-corrected chi connectivity index (χ1v) is 11.1. The number of carbonyl (C=O) groups excluding carboxylic acids is 1. The van der Waals surface area contributed by atoms with E-state index in [1.807, 2.05) is 0 Å². The highest BCUT2D eigenvalue weighted by atomic mass is 32.1. The minimum Gasteiger partial charge on any atom is -0.444 e. The molecule has 0 aromatic heterocycles. The van der Waals surface area contributed by atoms with Crippen molar-refractivity contribution < 1.29 is 35.9 Å². The normalized spacial score (nSPS) is 18.8. The van der Waals surface area contributed by atoms with Crippen LogP contribution in [0.1, 0.15) is 58.6 Å². The van der Waals surface area contributed by atoms with Gasteiger partial charge in [-0.05, 0) is 83.8 Å². The fourth-order valence-electron chi connectivity index (χ4n) is 3.44. The Kier molecular flexibility index (Phi) is 8.37. The topological polar surface area (TPSA) is 53.6 Å². The standard InChI is InChI=1S/C22H29F6N3O2S/c1-12(2)31(11-13-6-7-17(13)30-19(32)33-20(3,4)5)18(34)29-16-9-14(21(23,24)25)8-15(10-16)22(26,27)28/h8-10,12-13,17H,6-7,11H2,1-5H3,(H,29,34)(H,30,32)/t13-,17+/m1/s1. The molecular weight excluding hydrogens is 484 g/mol. The number of hydrogen-bond acceptors (Lipinski definition) is 3. The van der Waals surface area contributed by atoms with Gasteiger partial charge >= 0.3 is 18.4 Å². The second-order valence-electron chi connectivity index (χ2n) is 9.56. The summed E-state index contributed by atoms with van der Waals surface area (Å²) in [4.78, 5) is 13.7. The van der Waals surface area contributed by atoms with Gasteiger partial charge in [-0.3, -0.25) is 0 Å². The Balaban J connectivity index is 2.14. The molecule has 0 aliphatic heterocycles. The smallest absolute Gasteiger partial charge is 0.416 e. The van der Waals surface area contributed by atoms with Gasteiger partial charge in [-0.2, -0.15) is 26.3 Å². The Morgan fingerprint density at radius 1 is 1.06 bits per heavy atom. The molecule has 1 saturated carbocycles. The third kappa shape index (κ3) is 7.92. The van der Waals surface area contributed by atoms with Crippen molar-refractivity contribution in [1.29, 1.82) is 0 Å². The first-order valence-electron chi connectivity index (χ1n) is 10.7. The fourth-order valence-corrected chi connectivity index (χ4v) is 3.84. The average Bonchev–Trinajstić information content (AvgIpc) is 2.62. The van der Waals surface area contributed by atoms with E-state index in [-0.39, 0.29) is 29.2 Å². The van der Waals surface area contributed by atoms with Gasteiger partial charge in [0.25, 0.3) is 0 Å². The predicted molar refractivity (Wildman–Crippen MR) is 120 cm³/mol. The largest absolute Gasteiger partial charge is 0.444 e. The number of alkyl halides is 6. The Morgan fingerprint density at radius 3 is 1.97 bits per heavy atom. The van der Waals surface area contributed by atoms with E-state index in [2.05, 4.69) is 10.6 Å². The number of halogens is 6. The van der Waals surface area contributed by atoms with E-state index in [1.165, 1.54) is 0 Å². The summed E-state index contributed by atoms with van der Waals surface area (Å²) in [6.45, 7) is 9.19. The lowest BCUT2D eigenvalue weighted by Gasteiger charge is -2.42. The van der Waals surface area contributed by atoms with Gasteiger partial charge in [-0.25, -0.2) is 4.79 Å². The second kappa shape index (κ2) is 10.2. The Hall–Kier alpha value is -2.24. The van der Waals surface area contributed by atoms with Crippen LogP contribution in [-0.4, -0.2) is 40.3 Å². The third-order valence-corrected chi connectivity index (χ3v) is 5.61. The molecule has 192 valence electrons. The summed E-state index contributed by atoms with van der Waals surface area (Å²) in [6.07, 6.45) is -8.97. The van der Waals surface area contributed by atoms with Gasteiger partial charge < -0.3 is 20.3 Å². The van der Waals surface area contributed by atoms with Crippen LogP contribution >= 0.6 is 12.2 Å². The highest BCUT2D eigenvalue weighted by Gasteiger charge is 2.38. The van der Waals surface area contributed by atoms with Gasteiger partial charge in [0.1, 0.15) is 5.60 Å². The number of alkyl carbamates (subject to hydrolysis) is 1. The number of nitrogens with one attached hydrogen (secondary N) is 2. The van der Waals surface area contributed by atoms with Crippen LogP contribution in [0.3, 0.4) is 0 Å². The van der Waals surface area contributed by atoms with Crippen LogP contribution in [0.5, 0.6) is 0 Å². The Bertz CT molecular complexity index is 864. The summed E-state index contributed by atoms with van der Waals surface area (Å²) in [5, 5.41) is 5.33. The molecule has 1 aromatic carbocycles. The zero-order chi connectivity index (χ0) is 26.1. The maximum Gasteiger partial charge on any atom is 0.416 e. The molecule has 2 N–H and O–H groups in total. The van der Waals surface area contributed by atoms with Crippen molar-refractivity contribution in [1.82, 2.24) is 10.2 Å². The molecule has 34 heavy (non-hydrogen) atoms. The lowest BCUT2D eigenvalue weighted by Crippen LogP contribution is -2.54. The van der Waals surface area contributed by atoms with Crippen molar-refractivity contribution in [3.63, 3.8) is 0 Å². The number of ether oxygens (including phenoxy) is 1. The van der Waals surface area contributed by atoms with Gasteiger partial charge in [0.2, 0.25) is 0 Å². The van der Waals surface area contributed by atoms with Gasteiger partial charge in [-0.15, -0.1) is 0 Å². The SMILES string of the molecule is CC(C)N(C[C@H]1CC[C@@H]1NC(=O)OC(C)(C)C)C(=S)Nc1cc(C(F)(F)F)cc(C(F)(F)F)c1. The maximum atomic E-state index is 13.2. The quantitative estimate of drug-likeness (QED) is 0.351. The average molecular weight is 514 g/mol. The van der Waals surface area contributed by atoms with Crippen molar-refractivity contribution in [3.05, 3.63) is 29.3 Å². The van der Waals surface area contributed by atoms with Crippen molar-refractivity contribution in [2.75, 3.05) is 11.9 Å². The molecule has 1 aromatic rings. The Morgan fingerprint density at radius 2 is 1.59 bits per heavy atom. The molecule has 2 atom stereocenters. The predicted octanol–water partition coefficient (Wildman–Crippen LogP) is 6.43. The van der Waals surface area contributed by atoms with Crippen LogP contribution in [0.2, 0.25) is 0 Å². The van der Waals surface area contributed by atoms with E-state index in [0.29, 0.717) is 18.7 Å². The summed E-state index contributed by atoms with van der Waals surface area (Å²) in [6, 6.07) is 0.877. The number of amides is 1. The molecule has 5 nitrogen and oxygen atoms in total. The first-order chi connectivity index (χ1) is 15.4. The summed E-state index contributed by atoms with van der Waals surface area (Å²) in [5.74, 6) is -0.0121. The highest BCUT2D eigenvalue weighted by Crippen LogP contribution is 2.38. The van der Waals surface area contributed by atoms with Crippen LogP contribution in [0.4, 0.5) is 36.8 Å². The summed E-state index contributed by atoms with van der Waals surface area (Å²) in [7, 11) is 0. The first kappa shape index (κ1) is 28.0. The van der Waals surface area contributed by atoms with Crippen LogP contribution in [-0.2, 0) is 17.1 Å². The molecule has 1 aliphatic carbocycles. The minimum atomic E-state index is -4.95. The molecule has 0 bridgehead atoms. The molecule has 0 spiro atoms. The molecule has 0 heterocycles. The summed E-state index contributed by atoms with van der Waals surface area (Å²) in [5.41, 5.74) is -3.91. The van der Waals surface area contributed by atoms with E-state index in [1.54, 1.807) is 39.5 Å². The number of hydrogen-bond donors (Lipinski definition) is 2. The van der Waals surface area contributed by atoms with E-state index in [0.717, 1.165) is 12.8 Å². The van der Waals surface area contributed by atoms with E-state index in [4.69, 9.17) is 17.0 Å². The number of benzene rings is 1. The minimum absolute atomic E-state index is 0.00892. The molecule has 0 saturated heterocycles. The van der Waals surface area contributed by atoms with Gasteiger partial charge in [0.05, 0.1) is 11.1 Å². The fraction of sp³-hybridized carbons (Fsp3) is 0.636. The van der Waals surface area contributed by atoms with Crippen molar-refractivity contribution in [2.45, 2.75) is 77.5 Å². The number of carbonyl (C=O) groups is 1. The molecule has 1 amide bonds. The lowest BCUT2D eigenvalue weighted by molar-refractivity contribution is -0.143. The summed E-state index contributed by atoms with van der Waals surface area (Å²) < 4.78 is 84.2. The van der Waals surface area contributed by atoms with Gasteiger partial charge in [0, 0.05) is 24.3 Å². The molecule has 1 fully saturated rings. The van der Waals surface area contributed by atoms with E-state index in [9.17, 15) is 31.1 Å². The number of anilines is 1. The zero-order valence-electron chi connectivity index (χ0n) is 19.5. The Labute approximate surface area is 200 Å². The lowest BCUT2D eigenvalue weighted by atomic mass is 9.79. The molecule has 12 heteroatoms. The number of thiocarbonyl (C=S) groups is 1. The van der Waals surface area contributed by atoms with E-state index < -0.39 is 40.9 Å². The van der Waals surface area contributed by atoms with E-state index >= 15 is 0 Å². The third-order valence-electron chi connectivity index (χ3n) is 5.27. The van der Waals surface area contributed by atoms with Crippen LogP contribution < -0.4 is 10.6 Å². The monoisotopic (exact) mass is 513 g/mol. The maximum absolute atomic E-state index is 13.2. The van der Waals surface area contributed by atoms with Crippen LogP contribution in [0.15, 0.2) is 18.2 Å². The highest BCUT2D eigenvalue weighted by molar-refractivity contribution is 7.80. The second-order valence-corrected chi connectivity index (χ2v) is 9.95. The number of rotatable bonds is 5. The molecule has 1 aliphatic rings. The van der Waals surface area contributed by atoms with Crippen LogP contribution in [0, 0.1) is 5.92 Å². The van der Waals surface area contributed by atoms with Crippen molar-refractivity contribution in [2.24, 2.45) is 5.92 Å². The van der Waals surface area contributed by atoms with Gasteiger partial charge in [-0.1, -0.05) is 0 Å². The molecular formula is C22H29F6N3O2S. The number of nitrogens with zero attached hydrogens (tertiary/aromatic N) is 1. The molecule has 0 unspecified atom stereocenters. The molecule has 2 rings (SSSR count). The zero-order valence-corrected chi connectivity index (χ0v) is 20.3.